The number of hydrogen-bond donors (Lipinski definition) is 1. The Morgan fingerprint density at radius 3 is 2.84 bits per heavy atom. The van der Waals surface area contributed by atoms with E-state index in [0.29, 0.717) is 0 Å². The fourth-order valence-electron chi connectivity index (χ4n) is 2.03. The first-order valence-corrected chi connectivity index (χ1v) is 7.53. The van der Waals surface area contributed by atoms with Crippen LogP contribution in [0.5, 0.6) is 0 Å². The van der Waals surface area contributed by atoms with Crippen molar-refractivity contribution in [2.75, 3.05) is 18.5 Å². The third kappa shape index (κ3) is 3.78. The molecule has 1 heterocycles. The Labute approximate surface area is 119 Å². The Kier molecular flexibility index (Phi) is 4.93. The molecule has 0 saturated heterocycles. The Morgan fingerprint density at radius 2 is 2.21 bits per heavy atom. The van der Waals surface area contributed by atoms with Crippen molar-refractivity contribution < 1.29 is 0 Å². The Hall–Kier alpha value is -1.39. The molecule has 19 heavy (non-hydrogen) atoms. The molecular formula is C15H21N3S. The monoisotopic (exact) mass is 275 g/mol. The molecule has 1 aromatic heterocycles. The van der Waals surface area contributed by atoms with Crippen LogP contribution in [0.1, 0.15) is 23.7 Å². The predicted molar refractivity (Wildman–Crippen MR) is 82.8 cm³/mol. The van der Waals surface area contributed by atoms with Gasteiger partial charge < -0.3 is 10.2 Å². The van der Waals surface area contributed by atoms with Gasteiger partial charge in [0.05, 0.1) is 17.7 Å². The number of aryl methyl sites for hydroxylation is 1. The summed E-state index contributed by atoms with van der Waals surface area (Å²) in [7, 11) is 2.11. The van der Waals surface area contributed by atoms with Gasteiger partial charge in [-0.25, -0.2) is 4.98 Å². The predicted octanol–water partition coefficient (Wildman–Crippen LogP) is 3.20. The molecule has 0 unspecified atom stereocenters. The smallest absolute Gasteiger partial charge is 0.0795 e. The van der Waals surface area contributed by atoms with Crippen molar-refractivity contribution in [2.24, 2.45) is 0 Å². The summed E-state index contributed by atoms with van der Waals surface area (Å²) >= 11 is 1.65. The maximum Gasteiger partial charge on any atom is 0.0795 e. The van der Waals surface area contributed by atoms with E-state index in [2.05, 4.69) is 59.7 Å². The lowest BCUT2D eigenvalue weighted by atomic mass is 10.1. The number of nitrogens with zero attached hydrogens (tertiary/aromatic N) is 2. The molecule has 0 bridgehead atoms. The fraction of sp³-hybridized carbons (Fsp3) is 0.400. The van der Waals surface area contributed by atoms with Crippen LogP contribution in [-0.2, 0) is 13.1 Å². The maximum absolute atomic E-state index is 4.33. The van der Waals surface area contributed by atoms with Crippen molar-refractivity contribution >= 4 is 17.0 Å². The second-order valence-electron chi connectivity index (χ2n) is 4.73. The van der Waals surface area contributed by atoms with E-state index in [0.717, 1.165) is 25.3 Å². The molecular weight excluding hydrogens is 254 g/mol. The number of rotatable bonds is 6. The molecule has 1 aromatic carbocycles. The Bertz CT molecular complexity index is 508. The van der Waals surface area contributed by atoms with Gasteiger partial charge in [-0.05, 0) is 36.7 Å². The molecule has 0 fully saturated rings. The molecule has 3 nitrogen and oxygen atoms in total. The van der Waals surface area contributed by atoms with E-state index < -0.39 is 0 Å². The van der Waals surface area contributed by atoms with Gasteiger partial charge in [0.2, 0.25) is 0 Å². The summed E-state index contributed by atoms with van der Waals surface area (Å²) in [5.74, 6) is 0. The summed E-state index contributed by atoms with van der Waals surface area (Å²) in [6.45, 7) is 7.11. The zero-order valence-corrected chi connectivity index (χ0v) is 12.6. The van der Waals surface area contributed by atoms with E-state index in [-0.39, 0.29) is 0 Å². The molecule has 0 amide bonds. The van der Waals surface area contributed by atoms with Gasteiger partial charge in [-0.3, -0.25) is 0 Å². The van der Waals surface area contributed by atoms with Gasteiger partial charge in [0.1, 0.15) is 0 Å². The number of hydrogen-bond acceptors (Lipinski definition) is 4. The second-order valence-corrected chi connectivity index (χ2v) is 5.45. The van der Waals surface area contributed by atoms with E-state index in [1.807, 2.05) is 5.51 Å². The first-order chi connectivity index (χ1) is 9.20. The summed E-state index contributed by atoms with van der Waals surface area (Å²) < 4.78 is 0. The quantitative estimate of drug-likeness (QED) is 0.877. The van der Waals surface area contributed by atoms with Crippen molar-refractivity contribution in [1.82, 2.24) is 10.3 Å². The zero-order chi connectivity index (χ0) is 13.7. The standard InChI is InChI=1S/C15H21N3S/c1-4-16-8-13-5-6-15(7-12(13)2)18(3)9-14-10-19-11-17-14/h5-7,10-11,16H,4,8-9H2,1-3H3. The lowest BCUT2D eigenvalue weighted by Crippen LogP contribution is -2.17. The average molecular weight is 275 g/mol. The molecule has 0 atom stereocenters. The van der Waals surface area contributed by atoms with Gasteiger partial charge >= 0.3 is 0 Å². The molecule has 0 aliphatic heterocycles. The largest absolute Gasteiger partial charge is 0.369 e. The van der Waals surface area contributed by atoms with E-state index in [1.165, 1.54) is 16.8 Å². The summed E-state index contributed by atoms with van der Waals surface area (Å²) in [4.78, 5) is 6.56. The van der Waals surface area contributed by atoms with Crippen LogP contribution in [-0.4, -0.2) is 18.6 Å². The lowest BCUT2D eigenvalue weighted by molar-refractivity contribution is 0.723. The van der Waals surface area contributed by atoms with Crippen LogP contribution in [0.25, 0.3) is 0 Å². The van der Waals surface area contributed by atoms with Crippen molar-refractivity contribution in [1.29, 1.82) is 0 Å². The van der Waals surface area contributed by atoms with Gasteiger partial charge in [-0.2, -0.15) is 0 Å². The minimum Gasteiger partial charge on any atom is -0.369 e. The van der Waals surface area contributed by atoms with Crippen LogP contribution in [0.3, 0.4) is 0 Å². The third-order valence-electron chi connectivity index (χ3n) is 3.22. The topological polar surface area (TPSA) is 28.2 Å². The van der Waals surface area contributed by atoms with Crippen molar-refractivity contribution in [3.63, 3.8) is 0 Å². The number of benzene rings is 1. The van der Waals surface area contributed by atoms with Crippen LogP contribution in [0, 0.1) is 6.92 Å². The van der Waals surface area contributed by atoms with E-state index in [4.69, 9.17) is 0 Å². The first-order valence-electron chi connectivity index (χ1n) is 6.59. The average Bonchev–Trinajstić information content (AvgIpc) is 2.90. The van der Waals surface area contributed by atoms with Crippen LogP contribution in [0.4, 0.5) is 5.69 Å². The summed E-state index contributed by atoms with van der Waals surface area (Å²) in [5.41, 5.74) is 6.96. The van der Waals surface area contributed by atoms with Crippen LogP contribution < -0.4 is 10.2 Å². The molecule has 1 N–H and O–H groups in total. The molecule has 0 aliphatic rings. The molecule has 2 aromatic rings. The minimum atomic E-state index is 0.857. The van der Waals surface area contributed by atoms with Gasteiger partial charge in [-0.15, -0.1) is 11.3 Å². The highest BCUT2D eigenvalue weighted by molar-refractivity contribution is 7.07. The number of anilines is 1. The summed E-state index contributed by atoms with van der Waals surface area (Å²) in [6.07, 6.45) is 0. The highest BCUT2D eigenvalue weighted by Crippen LogP contribution is 2.20. The zero-order valence-electron chi connectivity index (χ0n) is 11.8. The summed E-state index contributed by atoms with van der Waals surface area (Å²) in [5, 5.41) is 5.47. The molecule has 4 heteroatoms. The third-order valence-corrected chi connectivity index (χ3v) is 3.85. The number of nitrogens with one attached hydrogen (secondary N) is 1. The SMILES string of the molecule is CCNCc1ccc(N(C)Cc2cscn2)cc1C. The Balaban J connectivity index is 2.06. The number of thiazole rings is 1. The molecule has 0 aliphatic carbocycles. The van der Waals surface area contributed by atoms with Crippen molar-refractivity contribution in [3.8, 4) is 0 Å². The highest BCUT2D eigenvalue weighted by Gasteiger charge is 2.06. The molecule has 2 rings (SSSR count). The Morgan fingerprint density at radius 1 is 1.37 bits per heavy atom. The molecule has 0 saturated carbocycles. The number of aromatic nitrogens is 1. The fourth-order valence-corrected chi connectivity index (χ4v) is 2.57. The summed E-state index contributed by atoms with van der Waals surface area (Å²) in [6, 6.07) is 6.65. The van der Waals surface area contributed by atoms with Gasteiger partial charge in [0, 0.05) is 24.7 Å². The van der Waals surface area contributed by atoms with Gasteiger partial charge in [0.25, 0.3) is 0 Å². The van der Waals surface area contributed by atoms with Gasteiger partial charge in [-0.1, -0.05) is 13.0 Å². The molecule has 0 spiro atoms. The van der Waals surface area contributed by atoms with Crippen molar-refractivity contribution in [3.05, 3.63) is 45.9 Å². The van der Waals surface area contributed by atoms with Crippen molar-refractivity contribution in [2.45, 2.75) is 26.9 Å². The first kappa shape index (κ1) is 14.0. The maximum atomic E-state index is 4.33. The van der Waals surface area contributed by atoms with Crippen LogP contribution >= 0.6 is 11.3 Å². The van der Waals surface area contributed by atoms with Crippen LogP contribution in [0.2, 0.25) is 0 Å². The second kappa shape index (κ2) is 6.68. The van der Waals surface area contributed by atoms with Gasteiger partial charge in [0.15, 0.2) is 0 Å². The minimum absolute atomic E-state index is 0.857. The lowest BCUT2D eigenvalue weighted by Gasteiger charge is -2.19. The van der Waals surface area contributed by atoms with Crippen LogP contribution in [0.15, 0.2) is 29.1 Å². The molecule has 102 valence electrons. The van der Waals surface area contributed by atoms with E-state index in [9.17, 15) is 0 Å². The highest BCUT2D eigenvalue weighted by atomic mass is 32.1. The van der Waals surface area contributed by atoms with E-state index >= 15 is 0 Å². The van der Waals surface area contributed by atoms with E-state index in [1.54, 1.807) is 11.3 Å². The normalized spacial score (nSPS) is 10.7. The molecule has 0 radical (unpaired) electrons.